The topological polar surface area (TPSA) is 78.2 Å². The summed E-state index contributed by atoms with van der Waals surface area (Å²) in [7, 11) is -3.47. The van der Waals surface area contributed by atoms with E-state index in [1.807, 2.05) is 6.07 Å². The zero-order valence-electron chi connectivity index (χ0n) is 9.73. The van der Waals surface area contributed by atoms with Gasteiger partial charge in [-0.05, 0) is 26.7 Å². The van der Waals surface area contributed by atoms with E-state index < -0.39 is 26.5 Å². The highest BCUT2D eigenvalue weighted by atomic mass is 32.2. The summed E-state index contributed by atoms with van der Waals surface area (Å²) in [5.74, 6) is -0.473. The molecule has 1 atom stereocenters. The Kier molecular flexibility index (Phi) is 3.29. The first kappa shape index (κ1) is 13.0. The predicted octanol–water partition coefficient (Wildman–Crippen LogP) is 0.324. The lowest BCUT2D eigenvalue weighted by molar-refractivity contribution is -0.133. The van der Waals surface area contributed by atoms with Crippen molar-refractivity contribution in [3.05, 3.63) is 0 Å². The zero-order valence-corrected chi connectivity index (χ0v) is 10.5. The summed E-state index contributed by atoms with van der Waals surface area (Å²) in [6, 6.07) is 1.55. The Balaban J connectivity index is 3.00. The molecule has 0 aliphatic carbocycles. The van der Waals surface area contributed by atoms with E-state index in [9.17, 15) is 13.2 Å². The molecule has 0 aromatic carbocycles. The third-order valence-electron chi connectivity index (χ3n) is 3.10. The van der Waals surface area contributed by atoms with Crippen LogP contribution in [-0.4, -0.2) is 42.8 Å². The number of rotatable bonds is 2. The number of amides is 1. The quantitative estimate of drug-likeness (QED) is 0.701. The molecule has 0 radical (unpaired) electrons. The van der Waals surface area contributed by atoms with Crippen molar-refractivity contribution in [1.29, 1.82) is 5.26 Å². The van der Waals surface area contributed by atoms with E-state index in [0.717, 1.165) is 12.7 Å². The van der Waals surface area contributed by atoms with Crippen LogP contribution in [0.15, 0.2) is 0 Å². The number of likely N-dealkylation sites (tertiary alicyclic amines) is 1. The van der Waals surface area contributed by atoms with E-state index in [1.165, 1.54) is 18.7 Å². The molecule has 1 rings (SSSR count). The number of hydrogen-bond acceptors (Lipinski definition) is 4. The maximum atomic E-state index is 12.1. The Hall–Kier alpha value is -1.09. The van der Waals surface area contributed by atoms with E-state index in [-0.39, 0.29) is 0 Å². The zero-order chi connectivity index (χ0) is 12.6. The van der Waals surface area contributed by atoms with Gasteiger partial charge in [0.2, 0.25) is 5.91 Å². The van der Waals surface area contributed by atoms with Crippen molar-refractivity contribution < 1.29 is 13.2 Å². The molecule has 90 valence electrons. The van der Waals surface area contributed by atoms with Crippen LogP contribution >= 0.6 is 0 Å². The van der Waals surface area contributed by atoms with Gasteiger partial charge in [0.15, 0.2) is 9.84 Å². The normalized spacial score (nSPS) is 21.9. The molecule has 1 heterocycles. The third-order valence-corrected chi connectivity index (χ3v) is 5.13. The Morgan fingerprint density at radius 3 is 2.50 bits per heavy atom. The van der Waals surface area contributed by atoms with E-state index in [4.69, 9.17) is 5.26 Å². The van der Waals surface area contributed by atoms with Crippen LogP contribution in [-0.2, 0) is 14.6 Å². The fourth-order valence-electron chi connectivity index (χ4n) is 1.65. The maximum absolute atomic E-state index is 12.1. The van der Waals surface area contributed by atoms with Crippen molar-refractivity contribution in [2.24, 2.45) is 0 Å². The second kappa shape index (κ2) is 4.06. The SMILES string of the molecule is CC(C)(C(=O)N1CCCC1C#N)S(C)(=O)=O. The van der Waals surface area contributed by atoms with Crippen LogP contribution in [0.3, 0.4) is 0 Å². The maximum Gasteiger partial charge on any atom is 0.244 e. The smallest absolute Gasteiger partial charge is 0.244 e. The van der Waals surface area contributed by atoms with Crippen LogP contribution in [0.2, 0.25) is 0 Å². The fourth-order valence-corrected chi connectivity index (χ4v) is 2.08. The van der Waals surface area contributed by atoms with Crippen LogP contribution in [0, 0.1) is 11.3 Å². The molecule has 0 N–H and O–H groups in total. The van der Waals surface area contributed by atoms with Gasteiger partial charge in [-0.2, -0.15) is 5.26 Å². The van der Waals surface area contributed by atoms with Crippen molar-refractivity contribution in [3.8, 4) is 6.07 Å². The van der Waals surface area contributed by atoms with Crippen molar-refractivity contribution in [2.75, 3.05) is 12.8 Å². The average molecular weight is 244 g/mol. The molecule has 0 aromatic heterocycles. The van der Waals surface area contributed by atoms with Crippen molar-refractivity contribution in [1.82, 2.24) is 4.90 Å². The lowest BCUT2D eigenvalue weighted by atomic mass is 10.1. The predicted molar refractivity (Wildman–Crippen MR) is 59.3 cm³/mol. The lowest BCUT2D eigenvalue weighted by Crippen LogP contribution is -2.51. The third kappa shape index (κ3) is 2.05. The molecule has 16 heavy (non-hydrogen) atoms. The van der Waals surface area contributed by atoms with E-state index >= 15 is 0 Å². The molecule has 1 saturated heterocycles. The molecule has 1 unspecified atom stereocenters. The first-order valence-corrected chi connectivity index (χ1v) is 7.01. The summed E-state index contributed by atoms with van der Waals surface area (Å²) in [4.78, 5) is 13.5. The Morgan fingerprint density at radius 1 is 1.50 bits per heavy atom. The second-order valence-corrected chi connectivity index (χ2v) is 7.13. The van der Waals surface area contributed by atoms with Gasteiger partial charge < -0.3 is 4.90 Å². The molecule has 1 aliphatic rings. The Bertz CT molecular complexity index is 433. The Morgan fingerprint density at radius 2 is 2.06 bits per heavy atom. The number of carbonyl (C=O) groups excluding carboxylic acids is 1. The number of sulfone groups is 1. The molecule has 6 heteroatoms. The highest BCUT2D eigenvalue weighted by Crippen LogP contribution is 2.25. The van der Waals surface area contributed by atoms with Gasteiger partial charge >= 0.3 is 0 Å². The first-order valence-electron chi connectivity index (χ1n) is 5.12. The van der Waals surface area contributed by atoms with Gasteiger partial charge in [0.25, 0.3) is 0 Å². The van der Waals surface area contributed by atoms with Crippen LogP contribution in [0.1, 0.15) is 26.7 Å². The fraction of sp³-hybridized carbons (Fsp3) is 0.800. The van der Waals surface area contributed by atoms with Crippen LogP contribution in [0.5, 0.6) is 0 Å². The number of nitrogens with zero attached hydrogens (tertiary/aromatic N) is 2. The van der Waals surface area contributed by atoms with Gasteiger partial charge in [0, 0.05) is 12.8 Å². The van der Waals surface area contributed by atoms with Crippen LogP contribution in [0.25, 0.3) is 0 Å². The summed E-state index contributed by atoms with van der Waals surface area (Å²) >= 11 is 0. The summed E-state index contributed by atoms with van der Waals surface area (Å²) in [6.45, 7) is 3.24. The summed E-state index contributed by atoms with van der Waals surface area (Å²) in [5.41, 5.74) is 0. The van der Waals surface area contributed by atoms with Gasteiger partial charge in [-0.1, -0.05) is 0 Å². The Labute approximate surface area is 96.0 Å². The van der Waals surface area contributed by atoms with Gasteiger partial charge in [0.1, 0.15) is 10.8 Å². The molecule has 0 bridgehead atoms. The molecule has 1 amide bonds. The van der Waals surface area contributed by atoms with Gasteiger partial charge in [-0.25, -0.2) is 8.42 Å². The number of nitriles is 1. The standard InChI is InChI=1S/C10H16N2O3S/c1-10(2,16(3,14)15)9(13)12-6-4-5-8(12)7-11/h8H,4-6H2,1-3H3. The van der Waals surface area contributed by atoms with Crippen LogP contribution < -0.4 is 0 Å². The average Bonchev–Trinajstić information content (AvgIpc) is 2.62. The minimum absolute atomic E-state index is 0.468. The number of carbonyl (C=O) groups is 1. The number of hydrogen-bond donors (Lipinski definition) is 0. The summed E-state index contributed by atoms with van der Waals surface area (Å²) < 4.78 is 21.6. The molecule has 1 aliphatic heterocycles. The van der Waals surface area contributed by atoms with Gasteiger partial charge in [-0.15, -0.1) is 0 Å². The van der Waals surface area contributed by atoms with E-state index in [0.29, 0.717) is 13.0 Å². The molecular formula is C10H16N2O3S. The minimum Gasteiger partial charge on any atom is -0.325 e. The molecule has 1 fully saturated rings. The second-order valence-electron chi connectivity index (χ2n) is 4.57. The van der Waals surface area contributed by atoms with Crippen LogP contribution in [0.4, 0.5) is 0 Å². The van der Waals surface area contributed by atoms with Crippen molar-refractivity contribution in [2.45, 2.75) is 37.5 Å². The van der Waals surface area contributed by atoms with Crippen molar-refractivity contribution >= 4 is 15.7 Å². The largest absolute Gasteiger partial charge is 0.325 e. The molecule has 0 saturated carbocycles. The monoisotopic (exact) mass is 244 g/mol. The molecular weight excluding hydrogens is 228 g/mol. The molecule has 0 spiro atoms. The van der Waals surface area contributed by atoms with Gasteiger partial charge in [0.05, 0.1) is 6.07 Å². The summed E-state index contributed by atoms with van der Waals surface area (Å²) in [5, 5.41) is 8.86. The van der Waals surface area contributed by atoms with E-state index in [2.05, 4.69) is 0 Å². The highest BCUT2D eigenvalue weighted by molar-refractivity contribution is 7.92. The molecule has 5 nitrogen and oxygen atoms in total. The first-order chi connectivity index (χ1) is 7.21. The van der Waals surface area contributed by atoms with E-state index in [1.54, 1.807) is 0 Å². The minimum atomic E-state index is -3.47. The highest BCUT2D eigenvalue weighted by Gasteiger charge is 2.44. The van der Waals surface area contributed by atoms with Gasteiger partial charge in [-0.3, -0.25) is 4.79 Å². The lowest BCUT2D eigenvalue weighted by Gasteiger charge is -2.29. The van der Waals surface area contributed by atoms with Crippen molar-refractivity contribution in [3.63, 3.8) is 0 Å². The summed E-state index contributed by atoms with van der Waals surface area (Å²) in [6.07, 6.45) is 2.42. The molecule has 0 aromatic rings.